The topological polar surface area (TPSA) is 69.4 Å². The van der Waals surface area contributed by atoms with Crippen molar-refractivity contribution < 1.29 is 14.5 Å². The predicted molar refractivity (Wildman–Crippen MR) is 81.7 cm³/mol. The fourth-order valence-corrected chi connectivity index (χ4v) is 2.88. The highest BCUT2D eigenvalue weighted by Crippen LogP contribution is 2.31. The summed E-state index contributed by atoms with van der Waals surface area (Å²) in [4.78, 5) is 22.9. The van der Waals surface area contributed by atoms with Crippen LogP contribution in [-0.4, -0.2) is 17.3 Å². The van der Waals surface area contributed by atoms with E-state index in [1.807, 2.05) is 0 Å². The number of ketones is 1. The Kier molecular flexibility index (Phi) is 4.59. The fraction of sp³-hybridized carbons (Fsp3) is 0.214. The molecular formula is C14H12ClNO4S. The number of hydrogen-bond donors (Lipinski definition) is 0. The van der Waals surface area contributed by atoms with Crippen LogP contribution in [0.15, 0.2) is 24.3 Å². The number of nitro benzene ring substituents is 1. The standard InChI is InChI=1S/C14H12ClNO4S/c1-8-3-4-10(16(18)19)9(2)14(8)20-7-11(17)12-5-6-13(15)21-12/h3-6H,7H2,1-2H3. The number of thiophene rings is 1. The molecule has 0 spiro atoms. The van der Waals surface area contributed by atoms with E-state index >= 15 is 0 Å². The molecule has 1 aromatic heterocycles. The van der Waals surface area contributed by atoms with E-state index in [-0.39, 0.29) is 18.1 Å². The summed E-state index contributed by atoms with van der Waals surface area (Å²) in [7, 11) is 0. The summed E-state index contributed by atoms with van der Waals surface area (Å²) in [6.07, 6.45) is 0. The van der Waals surface area contributed by atoms with Crippen LogP contribution in [0.3, 0.4) is 0 Å². The molecule has 7 heteroatoms. The zero-order chi connectivity index (χ0) is 15.6. The zero-order valence-corrected chi connectivity index (χ0v) is 13.0. The van der Waals surface area contributed by atoms with Crippen molar-refractivity contribution in [2.45, 2.75) is 13.8 Å². The van der Waals surface area contributed by atoms with Crippen LogP contribution in [-0.2, 0) is 0 Å². The number of hydrogen-bond acceptors (Lipinski definition) is 5. The number of carbonyl (C=O) groups is 1. The summed E-state index contributed by atoms with van der Waals surface area (Å²) in [6, 6.07) is 6.31. The smallest absolute Gasteiger partial charge is 0.276 e. The maximum atomic E-state index is 12.0. The number of halogens is 1. The largest absolute Gasteiger partial charge is 0.485 e. The van der Waals surface area contributed by atoms with Crippen molar-refractivity contribution in [3.63, 3.8) is 0 Å². The van der Waals surface area contributed by atoms with Crippen molar-refractivity contribution in [2.24, 2.45) is 0 Å². The van der Waals surface area contributed by atoms with Gasteiger partial charge in [-0.25, -0.2) is 0 Å². The molecule has 0 unspecified atom stereocenters. The Balaban J connectivity index is 2.18. The van der Waals surface area contributed by atoms with Crippen LogP contribution in [0.5, 0.6) is 5.75 Å². The summed E-state index contributed by atoms with van der Waals surface area (Å²) in [5, 5.41) is 10.9. The van der Waals surface area contributed by atoms with Crippen LogP contribution in [0.2, 0.25) is 4.34 Å². The third-order valence-corrected chi connectivity index (χ3v) is 4.24. The molecule has 5 nitrogen and oxygen atoms in total. The molecule has 0 aliphatic rings. The van der Waals surface area contributed by atoms with Gasteiger partial charge in [-0.15, -0.1) is 11.3 Å². The van der Waals surface area contributed by atoms with E-state index in [1.54, 1.807) is 32.0 Å². The molecule has 0 bridgehead atoms. The fourth-order valence-electron chi connectivity index (χ4n) is 1.91. The molecule has 21 heavy (non-hydrogen) atoms. The number of rotatable bonds is 5. The molecule has 0 amide bonds. The Bertz CT molecular complexity index is 711. The highest BCUT2D eigenvalue weighted by atomic mass is 35.5. The third-order valence-electron chi connectivity index (χ3n) is 2.97. The molecule has 2 aromatic rings. The summed E-state index contributed by atoms with van der Waals surface area (Å²) < 4.78 is 6.02. The summed E-state index contributed by atoms with van der Waals surface area (Å²) in [6.45, 7) is 3.20. The molecule has 0 aliphatic heterocycles. The minimum Gasteiger partial charge on any atom is -0.485 e. The van der Waals surface area contributed by atoms with Crippen LogP contribution in [0, 0.1) is 24.0 Å². The molecule has 0 saturated heterocycles. The second-order valence-corrected chi connectivity index (χ2v) is 6.14. The third kappa shape index (κ3) is 3.40. The molecule has 0 atom stereocenters. The van der Waals surface area contributed by atoms with E-state index < -0.39 is 4.92 Å². The van der Waals surface area contributed by atoms with Gasteiger partial charge in [0.05, 0.1) is 19.7 Å². The first-order valence-electron chi connectivity index (χ1n) is 6.06. The maximum Gasteiger partial charge on any atom is 0.276 e. The highest BCUT2D eigenvalue weighted by molar-refractivity contribution is 7.18. The number of ether oxygens (including phenoxy) is 1. The first kappa shape index (κ1) is 15.5. The lowest BCUT2D eigenvalue weighted by Crippen LogP contribution is -2.12. The van der Waals surface area contributed by atoms with Crippen molar-refractivity contribution in [1.82, 2.24) is 0 Å². The summed E-state index contributed by atoms with van der Waals surface area (Å²) in [5.41, 5.74) is 1.13. The predicted octanol–water partition coefficient (Wildman–Crippen LogP) is 4.19. The number of benzene rings is 1. The van der Waals surface area contributed by atoms with Crippen LogP contribution in [0.4, 0.5) is 5.69 Å². The van der Waals surface area contributed by atoms with Gasteiger partial charge in [-0.2, -0.15) is 0 Å². The Morgan fingerprint density at radius 3 is 2.62 bits per heavy atom. The van der Waals surface area contributed by atoms with Gasteiger partial charge in [0, 0.05) is 6.07 Å². The Morgan fingerprint density at radius 2 is 2.05 bits per heavy atom. The molecule has 0 radical (unpaired) electrons. The van der Waals surface area contributed by atoms with Crippen LogP contribution in [0.25, 0.3) is 0 Å². The number of carbonyl (C=O) groups excluding carboxylic acids is 1. The molecule has 0 saturated carbocycles. The van der Waals surface area contributed by atoms with Crippen molar-refractivity contribution in [1.29, 1.82) is 0 Å². The molecule has 2 rings (SSSR count). The highest BCUT2D eigenvalue weighted by Gasteiger charge is 2.18. The van der Waals surface area contributed by atoms with Gasteiger partial charge in [0.15, 0.2) is 6.61 Å². The van der Waals surface area contributed by atoms with Crippen LogP contribution in [0.1, 0.15) is 20.8 Å². The SMILES string of the molecule is Cc1ccc([N+](=O)[O-])c(C)c1OCC(=O)c1ccc(Cl)s1. The maximum absolute atomic E-state index is 12.0. The molecule has 1 heterocycles. The van der Waals surface area contributed by atoms with Gasteiger partial charge in [-0.05, 0) is 37.6 Å². The minimum absolute atomic E-state index is 0.0257. The Morgan fingerprint density at radius 1 is 1.33 bits per heavy atom. The molecular weight excluding hydrogens is 314 g/mol. The average molecular weight is 326 g/mol. The van der Waals surface area contributed by atoms with Gasteiger partial charge in [0.25, 0.3) is 5.69 Å². The molecule has 110 valence electrons. The van der Waals surface area contributed by atoms with Gasteiger partial charge in [0.1, 0.15) is 5.75 Å². The van der Waals surface area contributed by atoms with Gasteiger partial charge in [-0.3, -0.25) is 14.9 Å². The monoisotopic (exact) mass is 325 g/mol. The molecule has 0 aliphatic carbocycles. The zero-order valence-electron chi connectivity index (χ0n) is 11.4. The second kappa shape index (κ2) is 6.24. The quantitative estimate of drug-likeness (QED) is 0.469. The Labute approximate surface area is 130 Å². The van der Waals surface area contributed by atoms with E-state index in [9.17, 15) is 14.9 Å². The lowest BCUT2D eigenvalue weighted by Gasteiger charge is -2.11. The van der Waals surface area contributed by atoms with Crippen molar-refractivity contribution in [3.8, 4) is 5.75 Å². The van der Waals surface area contributed by atoms with Crippen molar-refractivity contribution in [2.75, 3.05) is 6.61 Å². The number of nitro groups is 1. The van der Waals surface area contributed by atoms with E-state index in [2.05, 4.69) is 0 Å². The summed E-state index contributed by atoms with van der Waals surface area (Å²) >= 11 is 6.95. The number of aryl methyl sites for hydroxylation is 1. The lowest BCUT2D eigenvalue weighted by atomic mass is 10.1. The molecule has 0 N–H and O–H groups in total. The first-order chi connectivity index (χ1) is 9.90. The van der Waals surface area contributed by atoms with Crippen molar-refractivity contribution in [3.05, 3.63) is 54.7 Å². The van der Waals surface area contributed by atoms with Gasteiger partial charge >= 0.3 is 0 Å². The van der Waals surface area contributed by atoms with Gasteiger partial charge < -0.3 is 4.74 Å². The molecule has 0 fully saturated rings. The average Bonchev–Trinajstić information content (AvgIpc) is 2.84. The molecule has 1 aromatic carbocycles. The van der Waals surface area contributed by atoms with E-state index in [0.717, 1.165) is 5.56 Å². The normalized spacial score (nSPS) is 10.4. The van der Waals surface area contributed by atoms with Crippen molar-refractivity contribution >= 4 is 34.4 Å². The van der Waals surface area contributed by atoms with Gasteiger partial charge in [-0.1, -0.05) is 11.6 Å². The Hall–Kier alpha value is -1.92. The van der Waals surface area contributed by atoms with Crippen LogP contribution >= 0.6 is 22.9 Å². The van der Waals surface area contributed by atoms with Gasteiger partial charge in [0.2, 0.25) is 5.78 Å². The van der Waals surface area contributed by atoms with Crippen LogP contribution < -0.4 is 4.74 Å². The number of Topliss-reactive ketones (excluding diaryl/α,β-unsaturated/α-hetero) is 1. The first-order valence-corrected chi connectivity index (χ1v) is 7.25. The lowest BCUT2D eigenvalue weighted by molar-refractivity contribution is -0.385. The van der Waals surface area contributed by atoms with E-state index in [4.69, 9.17) is 16.3 Å². The summed E-state index contributed by atoms with van der Waals surface area (Å²) in [5.74, 6) is 0.164. The minimum atomic E-state index is -0.470. The number of nitrogens with zero attached hydrogens (tertiary/aromatic N) is 1. The van der Waals surface area contributed by atoms with E-state index in [0.29, 0.717) is 20.5 Å². The van der Waals surface area contributed by atoms with E-state index in [1.165, 1.54) is 17.4 Å². The second-order valence-electron chi connectivity index (χ2n) is 4.43.